The maximum absolute atomic E-state index is 6.06. The number of thiophene rings is 1. The summed E-state index contributed by atoms with van der Waals surface area (Å²) in [5.74, 6) is 0. The molecule has 1 aromatic heterocycles. The van der Waals surface area contributed by atoms with Gasteiger partial charge in [0.05, 0.1) is 5.56 Å². The lowest BCUT2D eigenvalue weighted by molar-refractivity contribution is -0.404. The average Bonchev–Trinajstić information content (AvgIpc) is 2.42. The number of rotatable bonds is 0. The van der Waals surface area contributed by atoms with E-state index >= 15 is 0 Å². The maximum atomic E-state index is 6.06. The Morgan fingerprint density at radius 2 is 2.00 bits per heavy atom. The lowest BCUT2D eigenvalue weighted by atomic mass is 10.1. The molecule has 2 rings (SSSR count). The molecule has 0 saturated heterocycles. The smallest absolute Gasteiger partial charge is 0.248 e. The monoisotopic (exact) mass is 222 g/mol. The van der Waals surface area contributed by atoms with Gasteiger partial charge in [-0.1, -0.05) is 0 Å². The summed E-state index contributed by atoms with van der Waals surface area (Å²) in [7, 11) is 2.06. The van der Waals surface area contributed by atoms with Crippen molar-refractivity contribution < 1.29 is 4.58 Å². The zero-order chi connectivity index (χ0) is 11.2. The molecule has 0 bridgehead atoms. The van der Waals surface area contributed by atoms with E-state index in [0.717, 1.165) is 22.9 Å². The Kier molecular flexibility index (Phi) is 2.38. The van der Waals surface area contributed by atoms with Crippen molar-refractivity contribution in [1.29, 1.82) is 0 Å². The number of aryl methyl sites for hydroxylation is 1. The summed E-state index contributed by atoms with van der Waals surface area (Å²) < 4.78 is 2.16. The van der Waals surface area contributed by atoms with E-state index in [2.05, 4.69) is 37.4 Å². The van der Waals surface area contributed by atoms with Crippen LogP contribution in [0.4, 0.5) is 10.7 Å². The first-order valence-electron chi connectivity index (χ1n) is 4.98. The first kappa shape index (κ1) is 10.4. The standard InChI is InChI=1S/C11H16N3S/c1-6-5-13-7(2)9-8(3)15-11(12)10(9)14(6)4/h5,12H2,1-4H3/q+1. The van der Waals surface area contributed by atoms with Crippen LogP contribution in [0.2, 0.25) is 0 Å². The van der Waals surface area contributed by atoms with Gasteiger partial charge in [-0.05, 0) is 13.8 Å². The molecule has 0 atom stereocenters. The highest BCUT2D eigenvalue weighted by Gasteiger charge is 2.27. The fraction of sp³-hybridized carbons (Fsp3) is 0.455. The van der Waals surface area contributed by atoms with E-state index in [1.807, 2.05) is 0 Å². The molecule has 0 amide bonds. The zero-order valence-electron chi connectivity index (χ0n) is 9.59. The van der Waals surface area contributed by atoms with Gasteiger partial charge in [-0.3, -0.25) is 4.99 Å². The van der Waals surface area contributed by atoms with Gasteiger partial charge in [-0.25, -0.2) is 0 Å². The normalized spacial score (nSPS) is 16.1. The van der Waals surface area contributed by atoms with E-state index in [-0.39, 0.29) is 0 Å². The van der Waals surface area contributed by atoms with Crippen LogP contribution < -0.4 is 5.73 Å². The molecule has 0 saturated carbocycles. The summed E-state index contributed by atoms with van der Waals surface area (Å²) >= 11 is 1.65. The molecule has 15 heavy (non-hydrogen) atoms. The van der Waals surface area contributed by atoms with Crippen LogP contribution in [0, 0.1) is 6.92 Å². The van der Waals surface area contributed by atoms with Crippen LogP contribution in [0.1, 0.15) is 24.3 Å². The summed E-state index contributed by atoms with van der Waals surface area (Å²) in [5, 5.41) is 0.890. The van der Waals surface area contributed by atoms with Crippen LogP contribution >= 0.6 is 11.3 Å². The Balaban J connectivity index is 2.80. The summed E-state index contributed by atoms with van der Waals surface area (Å²) in [6.45, 7) is 7.02. The number of aliphatic imine (C=N–C) groups is 1. The van der Waals surface area contributed by atoms with Gasteiger partial charge in [0.1, 0.15) is 13.6 Å². The third-order valence-electron chi connectivity index (χ3n) is 2.90. The van der Waals surface area contributed by atoms with Crippen LogP contribution in [0.15, 0.2) is 4.99 Å². The van der Waals surface area contributed by atoms with Crippen molar-refractivity contribution in [3.05, 3.63) is 10.4 Å². The van der Waals surface area contributed by atoms with Crippen molar-refractivity contribution in [2.75, 3.05) is 19.3 Å². The van der Waals surface area contributed by atoms with Gasteiger partial charge in [0.15, 0.2) is 10.7 Å². The van der Waals surface area contributed by atoms with Crippen molar-refractivity contribution in [3.8, 4) is 0 Å². The topological polar surface area (TPSA) is 41.4 Å². The van der Waals surface area contributed by atoms with Gasteiger partial charge in [0.25, 0.3) is 0 Å². The number of fused-ring (bicyclic) bond motifs is 1. The number of hydrogen-bond donors (Lipinski definition) is 1. The van der Waals surface area contributed by atoms with Gasteiger partial charge in [-0.2, -0.15) is 4.58 Å². The fourth-order valence-corrected chi connectivity index (χ4v) is 2.93. The molecule has 0 aromatic carbocycles. The second kappa shape index (κ2) is 3.45. The van der Waals surface area contributed by atoms with Crippen molar-refractivity contribution in [3.63, 3.8) is 0 Å². The maximum Gasteiger partial charge on any atom is 0.248 e. The van der Waals surface area contributed by atoms with Gasteiger partial charge in [-0.15, -0.1) is 11.3 Å². The predicted octanol–water partition coefficient (Wildman–Crippen LogP) is 2.20. The number of nitrogens with two attached hydrogens (primary N) is 1. The summed E-state index contributed by atoms with van der Waals surface area (Å²) in [4.78, 5) is 5.81. The molecule has 3 nitrogen and oxygen atoms in total. The molecular weight excluding hydrogens is 206 g/mol. The van der Waals surface area contributed by atoms with Crippen molar-refractivity contribution >= 4 is 33.4 Å². The highest BCUT2D eigenvalue weighted by Crippen LogP contribution is 2.38. The highest BCUT2D eigenvalue weighted by atomic mass is 32.1. The molecule has 0 spiro atoms. The molecule has 0 radical (unpaired) electrons. The van der Waals surface area contributed by atoms with E-state index < -0.39 is 0 Å². The molecule has 1 aliphatic heterocycles. The minimum absolute atomic E-state index is 0.764. The Morgan fingerprint density at radius 3 is 2.67 bits per heavy atom. The minimum atomic E-state index is 0.764. The second-order valence-corrected chi connectivity index (χ2v) is 5.20. The van der Waals surface area contributed by atoms with Gasteiger partial charge in [0, 0.05) is 17.5 Å². The molecule has 4 heteroatoms. The molecule has 2 heterocycles. The van der Waals surface area contributed by atoms with Crippen molar-refractivity contribution in [1.82, 2.24) is 0 Å². The number of nitrogen functional groups attached to an aromatic ring is 1. The molecule has 0 unspecified atom stereocenters. The summed E-state index contributed by atoms with van der Waals surface area (Å²) in [6, 6.07) is 0. The van der Waals surface area contributed by atoms with Gasteiger partial charge < -0.3 is 5.73 Å². The number of anilines is 1. The Morgan fingerprint density at radius 1 is 1.33 bits per heavy atom. The zero-order valence-corrected chi connectivity index (χ0v) is 10.4. The van der Waals surface area contributed by atoms with E-state index in [0.29, 0.717) is 0 Å². The predicted molar refractivity (Wildman–Crippen MR) is 67.1 cm³/mol. The van der Waals surface area contributed by atoms with Crippen molar-refractivity contribution in [2.24, 2.45) is 4.99 Å². The molecule has 0 aliphatic carbocycles. The van der Waals surface area contributed by atoms with Gasteiger partial charge >= 0.3 is 0 Å². The van der Waals surface area contributed by atoms with E-state index in [9.17, 15) is 0 Å². The third-order valence-corrected chi connectivity index (χ3v) is 3.82. The largest absolute Gasteiger partial charge is 0.385 e. The van der Waals surface area contributed by atoms with E-state index in [4.69, 9.17) is 5.73 Å². The minimum Gasteiger partial charge on any atom is -0.385 e. The first-order chi connectivity index (χ1) is 7.02. The molecule has 0 fully saturated rings. The molecule has 2 N–H and O–H groups in total. The van der Waals surface area contributed by atoms with Crippen molar-refractivity contribution in [2.45, 2.75) is 20.8 Å². The molecule has 1 aromatic rings. The second-order valence-electron chi connectivity index (χ2n) is 3.94. The third kappa shape index (κ3) is 1.49. The van der Waals surface area contributed by atoms with Gasteiger partial charge in [0.2, 0.25) is 5.69 Å². The Hall–Kier alpha value is -1.16. The van der Waals surface area contributed by atoms with Crippen LogP contribution in [-0.2, 0) is 0 Å². The lowest BCUT2D eigenvalue weighted by Gasteiger charge is -1.99. The highest BCUT2D eigenvalue weighted by molar-refractivity contribution is 7.16. The van der Waals surface area contributed by atoms with E-state index in [1.165, 1.54) is 16.2 Å². The van der Waals surface area contributed by atoms with Crippen LogP contribution in [0.25, 0.3) is 0 Å². The average molecular weight is 222 g/mol. The van der Waals surface area contributed by atoms with E-state index in [1.54, 1.807) is 11.3 Å². The molecule has 1 aliphatic rings. The molecular formula is C11H16N3S+. The Bertz CT molecular complexity index is 480. The quantitative estimate of drug-likeness (QED) is 0.672. The summed E-state index contributed by atoms with van der Waals surface area (Å²) in [5.41, 5.74) is 10.7. The summed E-state index contributed by atoms with van der Waals surface area (Å²) in [6.07, 6.45) is 0. The molecule has 80 valence electrons. The van der Waals surface area contributed by atoms with Crippen LogP contribution in [0.3, 0.4) is 0 Å². The number of hydrogen-bond acceptors (Lipinski definition) is 3. The van der Waals surface area contributed by atoms with Crippen LogP contribution in [0.5, 0.6) is 0 Å². The fourth-order valence-electron chi connectivity index (χ4n) is 1.92. The van der Waals surface area contributed by atoms with Crippen LogP contribution in [-0.4, -0.2) is 29.6 Å². The first-order valence-corrected chi connectivity index (χ1v) is 5.80. The Labute approximate surface area is 94.0 Å². The SMILES string of the molecule is CC1=NCC(C)=[N+](C)c2c(N)sc(C)c21. The number of nitrogens with zero attached hydrogens (tertiary/aromatic N) is 2. The lowest BCUT2D eigenvalue weighted by Crippen LogP contribution is -2.12.